The summed E-state index contributed by atoms with van der Waals surface area (Å²) in [5.41, 5.74) is -1.15. The predicted octanol–water partition coefficient (Wildman–Crippen LogP) is 6.34. The number of nitrogens with one attached hydrogen (secondary N) is 1. The lowest BCUT2D eigenvalue weighted by molar-refractivity contribution is -0.137. The van der Waals surface area contributed by atoms with Gasteiger partial charge in [-0.05, 0) is 53.8 Å². The van der Waals surface area contributed by atoms with Gasteiger partial charge in [-0.25, -0.2) is 9.18 Å². The first-order valence-electron chi connectivity index (χ1n) is 10.9. The molecule has 1 heterocycles. The number of ether oxygens (including phenoxy) is 1. The van der Waals surface area contributed by atoms with Gasteiger partial charge in [0.05, 0.1) is 11.3 Å². The molecule has 3 rings (SSSR count). The summed E-state index contributed by atoms with van der Waals surface area (Å²) < 4.78 is 60.5. The third-order valence-electron chi connectivity index (χ3n) is 5.57. The van der Waals surface area contributed by atoms with E-state index >= 15 is 0 Å². The lowest BCUT2D eigenvalue weighted by Gasteiger charge is -2.36. The molecule has 0 bridgehead atoms. The molecule has 1 N–H and O–H groups in total. The number of rotatable bonds is 7. The van der Waals surface area contributed by atoms with Gasteiger partial charge in [0.2, 0.25) is 0 Å². The van der Waals surface area contributed by atoms with E-state index in [0.717, 1.165) is 17.7 Å². The summed E-state index contributed by atoms with van der Waals surface area (Å²) in [6.45, 7) is 1.60. The van der Waals surface area contributed by atoms with Gasteiger partial charge in [-0.2, -0.15) is 13.2 Å². The van der Waals surface area contributed by atoms with E-state index in [9.17, 15) is 22.4 Å². The molecule has 1 amide bonds. The maximum Gasteiger partial charge on any atom is 0.416 e. The molecule has 0 saturated heterocycles. The van der Waals surface area contributed by atoms with Gasteiger partial charge in [-0.15, -0.1) is 6.42 Å². The Morgan fingerprint density at radius 2 is 1.89 bits per heavy atom. The van der Waals surface area contributed by atoms with Crippen LogP contribution in [-0.4, -0.2) is 18.4 Å². The summed E-state index contributed by atoms with van der Waals surface area (Å²) >= 11 is 0. The van der Waals surface area contributed by atoms with Gasteiger partial charge in [0, 0.05) is 12.6 Å². The number of nitrogens with zero attached hydrogens (tertiary/aromatic N) is 1. The fourth-order valence-corrected chi connectivity index (χ4v) is 3.81. The molecule has 0 saturated carbocycles. The zero-order valence-corrected chi connectivity index (χ0v) is 19.0. The minimum atomic E-state index is -4.81. The van der Waals surface area contributed by atoms with Crippen molar-refractivity contribution in [2.24, 2.45) is 4.99 Å². The Morgan fingerprint density at radius 1 is 1.17 bits per heavy atom. The Hall–Kier alpha value is -3.86. The Labute approximate surface area is 201 Å². The molecule has 0 aromatic heterocycles. The minimum Gasteiger partial charge on any atom is -0.436 e. The van der Waals surface area contributed by atoms with Crippen LogP contribution >= 0.6 is 0 Å². The van der Waals surface area contributed by atoms with Crippen LogP contribution in [0.2, 0.25) is 0 Å². The van der Waals surface area contributed by atoms with Crippen LogP contribution in [0.1, 0.15) is 36.5 Å². The van der Waals surface area contributed by atoms with Crippen molar-refractivity contribution < 1.29 is 27.1 Å². The van der Waals surface area contributed by atoms with E-state index in [1.807, 2.05) is 6.92 Å². The lowest BCUT2D eigenvalue weighted by atomic mass is 9.78. The van der Waals surface area contributed by atoms with Gasteiger partial charge in [0.25, 0.3) is 0 Å². The molecule has 1 aliphatic heterocycles. The fraction of sp³-hybridized carbons (Fsp3) is 0.259. The highest BCUT2D eigenvalue weighted by molar-refractivity contribution is 6.05. The van der Waals surface area contributed by atoms with E-state index < -0.39 is 29.2 Å². The van der Waals surface area contributed by atoms with Crippen molar-refractivity contribution in [3.63, 3.8) is 0 Å². The SMILES string of the molecule is C#CCOC(=O)N[C@@](Cc1ccccc1)(C1=NC=C(CC)CC=C1)c1cc(F)cc(C(F)(F)F)c1. The van der Waals surface area contributed by atoms with Crippen molar-refractivity contribution in [2.75, 3.05) is 6.61 Å². The standard InChI is InChI=1S/C27H24F4N2O2/c1-3-13-35-25(34)33-26(17-20-9-6-5-7-10-20,24-12-8-11-19(4-2)18-32-24)21-14-22(27(29,30)31)16-23(28)15-21/h1,5-10,12,14-16,18H,4,11,13,17H2,2H3,(H,33,34)/t26-/m1/s1. The van der Waals surface area contributed by atoms with Gasteiger partial charge in [0.15, 0.2) is 6.61 Å². The molecule has 0 spiro atoms. The second-order valence-corrected chi connectivity index (χ2v) is 7.96. The number of hydrogen-bond donors (Lipinski definition) is 1. The number of hydrogen-bond acceptors (Lipinski definition) is 3. The summed E-state index contributed by atoms with van der Waals surface area (Å²) in [5, 5.41) is 2.66. The Morgan fingerprint density at radius 3 is 2.54 bits per heavy atom. The van der Waals surface area contributed by atoms with Crippen LogP contribution in [0.5, 0.6) is 0 Å². The number of amides is 1. The third kappa shape index (κ3) is 6.38. The molecular weight excluding hydrogens is 460 g/mol. The maximum atomic E-state index is 14.6. The molecule has 35 heavy (non-hydrogen) atoms. The van der Waals surface area contributed by atoms with Crippen LogP contribution in [0.4, 0.5) is 22.4 Å². The molecule has 0 fully saturated rings. The van der Waals surface area contributed by atoms with E-state index in [1.165, 1.54) is 0 Å². The van der Waals surface area contributed by atoms with Crippen LogP contribution in [-0.2, 0) is 22.9 Å². The van der Waals surface area contributed by atoms with Crippen molar-refractivity contribution in [2.45, 2.75) is 37.9 Å². The Balaban J connectivity index is 2.30. The summed E-state index contributed by atoms with van der Waals surface area (Å²) in [5.74, 6) is 1.07. The minimum absolute atomic E-state index is 0.0295. The second kappa shape index (κ2) is 11.0. The molecular formula is C27H24F4N2O2. The van der Waals surface area contributed by atoms with Gasteiger partial charge in [-0.3, -0.25) is 4.99 Å². The third-order valence-corrected chi connectivity index (χ3v) is 5.57. The normalized spacial score (nSPS) is 15.2. The highest BCUT2D eigenvalue weighted by Gasteiger charge is 2.42. The first-order valence-corrected chi connectivity index (χ1v) is 10.9. The number of halogens is 4. The van der Waals surface area contributed by atoms with Gasteiger partial charge < -0.3 is 10.1 Å². The second-order valence-electron chi connectivity index (χ2n) is 7.96. The van der Waals surface area contributed by atoms with Crippen LogP contribution in [0.15, 0.2) is 77.4 Å². The zero-order valence-electron chi connectivity index (χ0n) is 19.0. The first kappa shape index (κ1) is 25.8. The summed E-state index contributed by atoms with van der Waals surface area (Å²) in [6.07, 6.45) is 5.70. The van der Waals surface area contributed by atoms with Crippen LogP contribution < -0.4 is 5.32 Å². The molecule has 2 aromatic rings. The molecule has 4 nitrogen and oxygen atoms in total. The van der Waals surface area contributed by atoms with Crippen LogP contribution in [0.25, 0.3) is 0 Å². The summed E-state index contributed by atoms with van der Waals surface area (Å²) in [7, 11) is 0. The molecule has 2 aromatic carbocycles. The topological polar surface area (TPSA) is 50.7 Å². The van der Waals surface area contributed by atoms with Crippen LogP contribution in [0.3, 0.4) is 0 Å². The molecule has 0 unspecified atom stereocenters. The highest BCUT2D eigenvalue weighted by Crippen LogP contribution is 2.36. The molecule has 0 radical (unpaired) electrons. The van der Waals surface area contributed by atoms with Gasteiger partial charge >= 0.3 is 12.3 Å². The average molecular weight is 484 g/mol. The van der Waals surface area contributed by atoms with E-state index in [1.54, 1.807) is 48.7 Å². The zero-order chi connectivity index (χ0) is 25.5. The fourth-order valence-electron chi connectivity index (χ4n) is 3.81. The number of aliphatic imine (C=N–C) groups is 1. The quantitative estimate of drug-likeness (QED) is 0.369. The number of terminal acetylenes is 1. The van der Waals surface area contributed by atoms with Crippen molar-refractivity contribution in [1.29, 1.82) is 0 Å². The number of alkyl halides is 3. The predicted molar refractivity (Wildman–Crippen MR) is 126 cm³/mol. The first-order chi connectivity index (χ1) is 16.7. The number of allylic oxidation sites excluding steroid dienone is 2. The smallest absolute Gasteiger partial charge is 0.416 e. The van der Waals surface area contributed by atoms with Crippen molar-refractivity contribution in [3.8, 4) is 12.3 Å². The van der Waals surface area contributed by atoms with E-state index in [2.05, 4.69) is 16.2 Å². The van der Waals surface area contributed by atoms with Crippen molar-refractivity contribution in [1.82, 2.24) is 5.32 Å². The van der Waals surface area contributed by atoms with E-state index in [-0.39, 0.29) is 24.3 Å². The maximum absolute atomic E-state index is 14.6. The number of carbonyl (C=O) groups excluding carboxylic acids is 1. The number of benzene rings is 2. The molecule has 0 aliphatic carbocycles. The average Bonchev–Trinajstić information content (AvgIpc) is 3.08. The Kier molecular flexibility index (Phi) is 8.13. The van der Waals surface area contributed by atoms with Gasteiger partial charge in [0.1, 0.15) is 11.4 Å². The van der Waals surface area contributed by atoms with Gasteiger partial charge in [-0.1, -0.05) is 49.3 Å². The number of carbonyl (C=O) groups is 1. The van der Waals surface area contributed by atoms with Crippen LogP contribution in [0, 0.1) is 18.2 Å². The molecule has 1 aliphatic rings. The molecule has 1 atom stereocenters. The largest absolute Gasteiger partial charge is 0.436 e. The van der Waals surface area contributed by atoms with Crippen molar-refractivity contribution >= 4 is 11.8 Å². The molecule has 8 heteroatoms. The highest BCUT2D eigenvalue weighted by atomic mass is 19.4. The monoisotopic (exact) mass is 484 g/mol. The summed E-state index contributed by atoms with van der Waals surface area (Å²) in [4.78, 5) is 17.3. The van der Waals surface area contributed by atoms with E-state index in [0.29, 0.717) is 24.5 Å². The summed E-state index contributed by atoms with van der Waals surface area (Å²) in [6, 6.07) is 11.0. The van der Waals surface area contributed by atoms with E-state index in [4.69, 9.17) is 11.2 Å². The lowest BCUT2D eigenvalue weighted by Crippen LogP contribution is -2.53. The molecule has 182 valence electrons. The number of alkyl carbamates (subject to hydrolysis) is 1. The van der Waals surface area contributed by atoms with Crippen molar-refractivity contribution in [3.05, 3.63) is 95.0 Å². The Bertz CT molecular complexity index is 1190.